The van der Waals surface area contributed by atoms with E-state index in [0.29, 0.717) is 0 Å². The van der Waals surface area contributed by atoms with Crippen molar-refractivity contribution in [3.05, 3.63) is 0 Å². The lowest BCUT2D eigenvalue weighted by molar-refractivity contribution is -0.136. The Labute approximate surface area is 117 Å². The standard InChI is InChI=1S/C15H30O2S/c1-3-5-7-9-10-12-14(15(16)17)18-13-11-8-6-4-2/h14H,3-13H2,1-2H3,(H,16,17). The number of carbonyl (C=O) groups is 1. The highest BCUT2D eigenvalue weighted by atomic mass is 32.2. The maximum Gasteiger partial charge on any atom is 0.316 e. The van der Waals surface area contributed by atoms with Crippen LogP contribution < -0.4 is 0 Å². The number of carboxylic acid groups (broad SMARTS) is 1. The van der Waals surface area contributed by atoms with Gasteiger partial charge in [0.15, 0.2) is 0 Å². The van der Waals surface area contributed by atoms with E-state index < -0.39 is 5.97 Å². The van der Waals surface area contributed by atoms with E-state index >= 15 is 0 Å². The van der Waals surface area contributed by atoms with Crippen LogP contribution >= 0.6 is 11.8 Å². The third-order valence-electron chi connectivity index (χ3n) is 3.16. The topological polar surface area (TPSA) is 37.3 Å². The van der Waals surface area contributed by atoms with Crippen LogP contribution in [0.4, 0.5) is 0 Å². The largest absolute Gasteiger partial charge is 0.480 e. The summed E-state index contributed by atoms with van der Waals surface area (Å²) in [7, 11) is 0. The average molecular weight is 274 g/mol. The Balaban J connectivity index is 3.56. The Kier molecular flexibility index (Phi) is 13.1. The monoisotopic (exact) mass is 274 g/mol. The SMILES string of the molecule is CCCCCCCC(SCCCCCC)C(=O)O. The lowest BCUT2D eigenvalue weighted by Crippen LogP contribution is -2.16. The summed E-state index contributed by atoms with van der Waals surface area (Å²) in [5, 5.41) is 8.98. The van der Waals surface area contributed by atoms with Gasteiger partial charge in [0, 0.05) is 0 Å². The van der Waals surface area contributed by atoms with Gasteiger partial charge in [-0.3, -0.25) is 4.79 Å². The van der Waals surface area contributed by atoms with E-state index in [1.165, 1.54) is 44.9 Å². The number of hydrogen-bond acceptors (Lipinski definition) is 2. The summed E-state index contributed by atoms with van der Waals surface area (Å²) in [6.07, 6.45) is 11.8. The molecule has 0 aliphatic rings. The molecule has 0 spiro atoms. The minimum Gasteiger partial charge on any atom is -0.480 e. The summed E-state index contributed by atoms with van der Waals surface area (Å²) in [5.74, 6) is 0.386. The highest BCUT2D eigenvalue weighted by molar-refractivity contribution is 8.00. The van der Waals surface area contributed by atoms with E-state index in [1.54, 1.807) is 11.8 Å². The van der Waals surface area contributed by atoms with E-state index in [4.69, 9.17) is 5.11 Å². The molecule has 18 heavy (non-hydrogen) atoms. The van der Waals surface area contributed by atoms with Crippen molar-refractivity contribution in [2.45, 2.75) is 83.3 Å². The number of rotatable bonds is 13. The van der Waals surface area contributed by atoms with Gasteiger partial charge in [-0.25, -0.2) is 0 Å². The molecule has 0 bridgehead atoms. The van der Waals surface area contributed by atoms with E-state index in [-0.39, 0.29) is 5.25 Å². The highest BCUT2D eigenvalue weighted by Crippen LogP contribution is 2.20. The van der Waals surface area contributed by atoms with Gasteiger partial charge in [0.25, 0.3) is 0 Å². The van der Waals surface area contributed by atoms with Gasteiger partial charge in [0.2, 0.25) is 0 Å². The number of thioether (sulfide) groups is 1. The van der Waals surface area contributed by atoms with Crippen LogP contribution in [0, 0.1) is 0 Å². The van der Waals surface area contributed by atoms with Crippen molar-refractivity contribution >= 4 is 17.7 Å². The molecule has 0 aromatic rings. The van der Waals surface area contributed by atoms with Gasteiger partial charge in [0.05, 0.1) is 0 Å². The van der Waals surface area contributed by atoms with Gasteiger partial charge in [0.1, 0.15) is 5.25 Å². The molecule has 1 N–H and O–H groups in total. The second-order valence-corrected chi connectivity index (χ2v) is 6.27. The molecule has 0 aromatic carbocycles. The lowest BCUT2D eigenvalue weighted by Gasteiger charge is -2.11. The molecule has 0 radical (unpaired) electrons. The molecule has 0 amide bonds. The molecule has 0 rings (SSSR count). The zero-order valence-electron chi connectivity index (χ0n) is 12.1. The van der Waals surface area contributed by atoms with E-state index in [2.05, 4.69) is 13.8 Å². The van der Waals surface area contributed by atoms with Gasteiger partial charge < -0.3 is 5.11 Å². The first-order valence-electron chi connectivity index (χ1n) is 7.56. The Morgan fingerprint density at radius 2 is 1.50 bits per heavy atom. The molecule has 0 saturated heterocycles. The van der Waals surface area contributed by atoms with Gasteiger partial charge in [-0.2, -0.15) is 0 Å². The maximum absolute atomic E-state index is 11.1. The van der Waals surface area contributed by atoms with Crippen LogP contribution in [0.1, 0.15) is 78.1 Å². The molecule has 2 nitrogen and oxygen atoms in total. The van der Waals surface area contributed by atoms with Crippen molar-refractivity contribution in [2.24, 2.45) is 0 Å². The summed E-state index contributed by atoms with van der Waals surface area (Å²) < 4.78 is 0. The van der Waals surface area contributed by atoms with Crippen LogP contribution in [0.25, 0.3) is 0 Å². The second-order valence-electron chi connectivity index (χ2n) is 4.96. The molecule has 1 atom stereocenters. The van der Waals surface area contributed by atoms with Gasteiger partial charge in [-0.15, -0.1) is 11.8 Å². The lowest BCUT2D eigenvalue weighted by atomic mass is 10.1. The van der Waals surface area contributed by atoms with Crippen molar-refractivity contribution in [1.82, 2.24) is 0 Å². The minimum atomic E-state index is -0.619. The molecule has 0 aliphatic heterocycles. The fourth-order valence-electron chi connectivity index (χ4n) is 1.97. The summed E-state index contributed by atoms with van der Waals surface area (Å²) in [4.78, 5) is 11.1. The molecule has 0 aromatic heterocycles. The fraction of sp³-hybridized carbons (Fsp3) is 0.933. The van der Waals surface area contributed by atoms with Gasteiger partial charge in [-0.1, -0.05) is 65.2 Å². The van der Waals surface area contributed by atoms with Crippen molar-refractivity contribution in [2.75, 3.05) is 5.75 Å². The summed E-state index contributed by atoms with van der Waals surface area (Å²) in [6.45, 7) is 4.40. The van der Waals surface area contributed by atoms with E-state index in [9.17, 15) is 4.79 Å². The third-order valence-corrected chi connectivity index (χ3v) is 4.53. The molecular formula is C15H30O2S. The zero-order chi connectivity index (χ0) is 13.6. The van der Waals surface area contributed by atoms with Crippen LogP contribution in [0.15, 0.2) is 0 Å². The van der Waals surface area contributed by atoms with E-state index in [1.807, 2.05) is 0 Å². The molecule has 0 fully saturated rings. The second kappa shape index (κ2) is 13.3. The Morgan fingerprint density at radius 1 is 0.944 bits per heavy atom. The predicted molar refractivity (Wildman–Crippen MR) is 81.4 cm³/mol. The quantitative estimate of drug-likeness (QED) is 0.474. The number of unbranched alkanes of at least 4 members (excludes halogenated alkanes) is 7. The molecule has 1 unspecified atom stereocenters. The number of carboxylic acids is 1. The molecule has 3 heteroatoms. The molecule has 0 heterocycles. The Bertz CT molecular complexity index is 181. The minimum absolute atomic E-state index is 0.173. The Morgan fingerprint density at radius 3 is 2.06 bits per heavy atom. The smallest absolute Gasteiger partial charge is 0.316 e. The Hall–Kier alpha value is -0.180. The van der Waals surface area contributed by atoms with Crippen molar-refractivity contribution in [3.63, 3.8) is 0 Å². The summed E-state index contributed by atoms with van der Waals surface area (Å²) >= 11 is 1.64. The van der Waals surface area contributed by atoms with Crippen LogP contribution in [-0.4, -0.2) is 22.1 Å². The predicted octanol–water partition coefficient (Wildman–Crippen LogP) is 5.11. The third kappa shape index (κ3) is 10.9. The van der Waals surface area contributed by atoms with Crippen molar-refractivity contribution in [1.29, 1.82) is 0 Å². The van der Waals surface area contributed by atoms with Crippen LogP contribution in [0.3, 0.4) is 0 Å². The average Bonchev–Trinajstić information content (AvgIpc) is 2.35. The number of aliphatic carboxylic acids is 1. The first-order chi connectivity index (χ1) is 8.72. The normalized spacial score (nSPS) is 12.6. The summed E-state index contributed by atoms with van der Waals surface area (Å²) in [6, 6.07) is 0. The first-order valence-corrected chi connectivity index (χ1v) is 8.61. The molecule has 0 saturated carbocycles. The van der Waals surface area contributed by atoms with Crippen LogP contribution in [0.5, 0.6) is 0 Å². The van der Waals surface area contributed by atoms with Gasteiger partial charge >= 0.3 is 5.97 Å². The highest BCUT2D eigenvalue weighted by Gasteiger charge is 2.16. The van der Waals surface area contributed by atoms with Crippen molar-refractivity contribution < 1.29 is 9.90 Å². The van der Waals surface area contributed by atoms with Gasteiger partial charge in [-0.05, 0) is 18.6 Å². The maximum atomic E-state index is 11.1. The zero-order valence-corrected chi connectivity index (χ0v) is 12.9. The fourth-order valence-corrected chi connectivity index (χ4v) is 3.10. The first kappa shape index (κ1) is 17.8. The number of hydrogen-bond donors (Lipinski definition) is 1. The molecule has 0 aliphatic carbocycles. The van der Waals surface area contributed by atoms with Crippen molar-refractivity contribution in [3.8, 4) is 0 Å². The molecule has 108 valence electrons. The van der Waals surface area contributed by atoms with Crippen LogP contribution in [0.2, 0.25) is 0 Å². The van der Waals surface area contributed by atoms with E-state index in [0.717, 1.165) is 25.0 Å². The summed E-state index contributed by atoms with van der Waals surface area (Å²) in [5.41, 5.74) is 0. The van der Waals surface area contributed by atoms with Crippen LogP contribution in [-0.2, 0) is 4.79 Å². The molecular weight excluding hydrogens is 244 g/mol.